The molecular weight excluding hydrogens is 411 g/mol. The average Bonchev–Trinajstić information content (AvgIpc) is 3.20. The van der Waals surface area contributed by atoms with Gasteiger partial charge in [-0.1, -0.05) is 12.1 Å². The molecule has 7 nitrogen and oxygen atoms in total. The number of hydrogen-bond acceptors (Lipinski definition) is 5. The van der Waals surface area contributed by atoms with Crippen LogP contribution in [0.25, 0.3) is 0 Å². The van der Waals surface area contributed by atoms with Crippen molar-refractivity contribution in [3.8, 4) is 0 Å². The topological polar surface area (TPSA) is 68.6 Å². The number of ether oxygens (including phenoxy) is 2. The lowest BCUT2D eigenvalue weighted by Gasteiger charge is -2.28. The lowest BCUT2D eigenvalue weighted by atomic mass is 10.1. The molecule has 3 aromatic rings. The molecule has 2 aliphatic heterocycles. The standard InChI is InChI=1S/C24H25FN4O3/c25-18-3-1-17(2-4-18)15-29-22-9-12-32-16-21(22)23(27-29)24(30)26-19-5-7-20(8-6-19)28-10-13-31-14-11-28/h1-8H,9-16H2,(H,26,30). The number of nitrogens with one attached hydrogen (secondary N) is 1. The Kier molecular flexibility index (Phi) is 5.87. The number of anilines is 2. The van der Waals surface area contributed by atoms with E-state index in [1.54, 1.807) is 12.1 Å². The van der Waals surface area contributed by atoms with E-state index in [9.17, 15) is 9.18 Å². The van der Waals surface area contributed by atoms with Gasteiger partial charge in [-0.3, -0.25) is 9.48 Å². The molecule has 0 spiro atoms. The second kappa shape index (κ2) is 9.10. The number of aromatic nitrogens is 2. The SMILES string of the molecule is O=C(Nc1ccc(N2CCOCC2)cc1)c1nn(Cc2ccc(F)cc2)c2c1COCC2. The quantitative estimate of drug-likeness (QED) is 0.665. The van der Waals surface area contributed by atoms with Crippen LogP contribution in [0.2, 0.25) is 0 Å². The van der Waals surface area contributed by atoms with Gasteiger partial charge in [0.15, 0.2) is 5.69 Å². The molecule has 0 atom stereocenters. The normalized spacial score (nSPS) is 16.0. The zero-order valence-corrected chi connectivity index (χ0v) is 17.7. The van der Waals surface area contributed by atoms with Crippen LogP contribution >= 0.6 is 0 Å². The molecule has 3 heterocycles. The number of morpholine rings is 1. The van der Waals surface area contributed by atoms with Crippen LogP contribution < -0.4 is 10.2 Å². The van der Waals surface area contributed by atoms with E-state index in [0.717, 1.165) is 48.8 Å². The Bertz CT molecular complexity index is 1090. The predicted octanol–water partition coefficient (Wildman–Crippen LogP) is 3.23. The van der Waals surface area contributed by atoms with Gasteiger partial charge in [0.25, 0.3) is 5.91 Å². The molecule has 0 saturated carbocycles. The highest BCUT2D eigenvalue weighted by Gasteiger charge is 2.25. The summed E-state index contributed by atoms with van der Waals surface area (Å²) in [6, 6.07) is 14.2. The maximum atomic E-state index is 13.2. The van der Waals surface area contributed by atoms with Crippen molar-refractivity contribution in [2.75, 3.05) is 43.1 Å². The molecule has 1 N–H and O–H groups in total. The van der Waals surface area contributed by atoms with E-state index in [1.165, 1.54) is 12.1 Å². The van der Waals surface area contributed by atoms with Crippen LogP contribution in [-0.2, 0) is 29.0 Å². The van der Waals surface area contributed by atoms with Gasteiger partial charge in [0.2, 0.25) is 0 Å². The molecule has 1 saturated heterocycles. The molecular formula is C24H25FN4O3. The molecule has 5 rings (SSSR count). The summed E-state index contributed by atoms with van der Waals surface area (Å²) in [5, 5.41) is 7.57. The number of halogens is 1. The number of carbonyl (C=O) groups excluding carboxylic acids is 1. The zero-order valence-electron chi connectivity index (χ0n) is 17.7. The Morgan fingerprint density at radius 2 is 1.75 bits per heavy atom. The van der Waals surface area contributed by atoms with Crippen molar-refractivity contribution in [3.05, 3.63) is 76.9 Å². The second-order valence-corrected chi connectivity index (χ2v) is 7.96. The van der Waals surface area contributed by atoms with Crippen LogP contribution in [-0.4, -0.2) is 48.6 Å². The third-order valence-corrected chi connectivity index (χ3v) is 5.86. The number of nitrogens with zero attached hydrogens (tertiary/aromatic N) is 3. The highest BCUT2D eigenvalue weighted by molar-refractivity contribution is 6.04. The lowest BCUT2D eigenvalue weighted by Crippen LogP contribution is -2.36. The predicted molar refractivity (Wildman–Crippen MR) is 119 cm³/mol. The first-order chi connectivity index (χ1) is 15.7. The Morgan fingerprint density at radius 1 is 1.00 bits per heavy atom. The number of fused-ring (bicyclic) bond motifs is 1. The molecule has 1 aromatic heterocycles. The summed E-state index contributed by atoms with van der Waals surface area (Å²) in [7, 11) is 0. The summed E-state index contributed by atoms with van der Waals surface area (Å²) < 4.78 is 26.1. The van der Waals surface area contributed by atoms with Crippen molar-refractivity contribution in [1.82, 2.24) is 9.78 Å². The van der Waals surface area contributed by atoms with Gasteiger partial charge in [-0.05, 0) is 42.0 Å². The van der Waals surface area contributed by atoms with Crippen LogP contribution in [0.5, 0.6) is 0 Å². The van der Waals surface area contributed by atoms with E-state index >= 15 is 0 Å². The molecule has 0 bridgehead atoms. The van der Waals surface area contributed by atoms with E-state index in [4.69, 9.17) is 9.47 Å². The van der Waals surface area contributed by atoms with Gasteiger partial charge >= 0.3 is 0 Å². The summed E-state index contributed by atoms with van der Waals surface area (Å²) in [5.74, 6) is -0.534. The van der Waals surface area contributed by atoms with Crippen LogP contribution in [0.1, 0.15) is 27.3 Å². The Hall–Kier alpha value is -3.23. The largest absolute Gasteiger partial charge is 0.378 e. The first-order valence-corrected chi connectivity index (χ1v) is 10.8. The molecule has 166 valence electrons. The summed E-state index contributed by atoms with van der Waals surface area (Å²) >= 11 is 0. The van der Waals surface area contributed by atoms with Gasteiger partial charge < -0.3 is 19.7 Å². The first kappa shape index (κ1) is 20.7. The minimum Gasteiger partial charge on any atom is -0.378 e. The van der Waals surface area contributed by atoms with Gasteiger partial charge in [-0.2, -0.15) is 5.10 Å². The van der Waals surface area contributed by atoms with Crippen molar-refractivity contribution in [3.63, 3.8) is 0 Å². The molecule has 0 aliphatic carbocycles. The summed E-state index contributed by atoms with van der Waals surface area (Å²) in [6.07, 6.45) is 0.686. The fourth-order valence-corrected chi connectivity index (χ4v) is 4.15. The number of amides is 1. The average molecular weight is 436 g/mol. The fourth-order valence-electron chi connectivity index (χ4n) is 4.15. The summed E-state index contributed by atoms with van der Waals surface area (Å²) in [6.45, 7) is 4.61. The van der Waals surface area contributed by atoms with Crippen LogP contribution in [0.4, 0.5) is 15.8 Å². The Labute approximate surface area is 185 Å². The third-order valence-electron chi connectivity index (χ3n) is 5.86. The molecule has 2 aliphatic rings. The van der Waals surface area contributed by atoms with Gasteiger partial charge in [0, 0.05) is 42.1 Å². The van der Waals surface area contributed by atoms with Crippen molar-refractivity contribution < 1.29 is 18.7 Å². The number of hydrogen-bond donors (Lipinski definition) is 1. The molecule has 32 heavy (non-hydrogen) atoms. The highest BCUT2D eigenvalue weighted by Crippen LogP contribution is 2.24. The van der Waals surface area contributed by atoms with Crippen molar-refractivity contribution in [1.29, 1.82) is 0 Å². The molecule has 0 unspecified atom stereocenters. The smallest absolute Gasteiger partial charge is 0.276 e. The van der Waals surface area contributed by atoms with E-state index < -0.39 is 0 Å². The number of benzene rings is 2. The van der Waals surface area contributed by atoms with Crippen LogP contribution in [0.3, 0.4) is 0 Å². The summed E-state index contributed by atoms with van der Waals surface area (Å²) in [4.78, 5) is 15.3. The van der Waals surface area contributed by atoms with Crippen LogP contribution in [0.15, 0.2) is 48.5 Å². The van der Waals surface area contributed by atoms with Gasteiger partial charge in [-0.15, -0.1) is 0 Å². The molecule has 1 fully saturated rings. The molecule has 1 amide bonds. The highest BCUT2D eigenvalue weighted by atomic mass is 19.1. The number of rotatable bonds is 5. The Morgan fingerprint density at radius 3 is 2.50 bits per heavy atom. The molecule has 0 radical (unpaired) electrons. The van der Waals surface area contributed by atoms with E-state index in [2.05, 4.69) is 15.3 Å². The van der Waals surface area contributed by atoms with Crippen molar-refractivity contribution >= 4 is 17.3 Å². The summed E-state index contributed by atoms with van der Waals surface area (Å²) in [5.41, 5.74) is 4.94. The van der Waals surface area contributed by atoms with Crippen LogP contribution in [0, 0.1) is 5.82 Å². The first-order valence-electron chi connectivity index (χ1n) is 10.8. The lowest BCUT2D eigenvalue weighted by molar-refractivity contribution is 0.0984. The van der Waals surface area contributed by atoms with Gasteiger partial charge in [0.1, 0.15) is 5.82 Å². The molecule has 8 heteroatoms. The maximum absolute atomic E-state index is 13.2. The Balaban J connectivity index is 1.34. The van der Waals surface area contributed by atoms with E-state index in [1.807, 2.05) is 28.9 Å². The van der Waals surface area contributed by atoms with Gasteiger partial charge in [-0.25, -0.2) is 4.39 Å². The van der Waals surface area contributed by atoms with Crippen molar-refractivity contribution in [2.24, 2.45) is 0 Å². The monoisotopic (exact) mass is 436 g/mol. The molecule has 2 aromatic carbocycles. The van der Waals surface area contributed by atoms with E-state index in [-0.39, 0.29) is 11.7 Å². The van der Waals surface area contributed by atoms with Gasteiger partial charge in [0.05, 0.1) is 33.0 Å². The van der Waals surface area contributed by atoms with E-state index in [0.29, 0.717) is 37.6 Å². The maximum Gasteiger partial charge on any atom is 0.276 e. The zero-order chi connectivity index (χ0) is 21.9. The third kappa shape index (κ3) is 4.37. The minimum absolute atomic E-state index is 0.260. The van der Waals surface area contributed by atoms with Crippen molar-refractivity contribution in [2.45, 2.75) is 19.6 Å². The fraction of sp³-hybridized carbons (Fsp3) is 0.333. The second-order valence-electron chi connectivity index (χ2n) is 7.96. The number of carbonyl (C=O) groups is 1. The minimum atomic E-state index is -0.274.